The Morgan fingerprint density at radius 3 is 2.58 bits per heavy atom. The van der Waals surface area contributed by atoms with E-state index < -0.39 is 5.82 Å². The van der Waals surface area contributed by atoms with E-state index >= 15 is 0 Å². The van der Waals surface area contributed by atoms with Gasteiger partial charge in [-0.25, -0.2) is 4.39 Å². The van der Waals surface area contributed by atoms with Gasteiger partial charge in [-0.15, -0.1) is 0 Å². The molecule has 0 aromatic heterocycles. The molecule has 0 bridgehead atoms. The van der Waals surface area contributed by atoms with Gasteiger partial charge in [0.2, 0.25) is 5.91 Å². The van der Waals surface area contributed by atoms with Crippen LogP contribution in [0.3, 0.4) is 0 Å². The third-order valence-electron chi connectivity index (χ3n) is 4.76. The highest BCUT2D eigenvalue weighted by Gasteiger charge is 2.26. The van der Waals surface area contributed by atoms with Crippen molar-refractivity contribution < 1.29 is 9.18 Å². The van der Waals surface area contributed by atoms with Gasteiger partial charge in [0.1, 0.15) is 5.82 Å². The Labute approximate surface area is 158 Å². The van der Waals surface area contributed by atoms with Gasteiger partial charge in [0, 0.05) is 37.7 Å². The molecule has 1 fully saturated rings. The van der Waals surface area contributed by atoms with Crippen molar-refractivity contribution in [2.24, 2.45) is 0 Å². The van der Waals surface area contributed by atoms with Crippen molar-refractivity contribution in [1.29, 1.82) is 0 Å². The Bertz CT molecular complexity index is 762. The van der Waals surface area contributed by atoms with Crippen LogP contribution in [0.15, 0.2) is 48.5 Å². The van der Waals surface area contributed by atoms with Gasteiger partial charge >= 0.3 is 0 Å². The van der Waals surface area contributed by atoms with Crippen molar-refractivity contribution in [2.75, 3.05) is 31.5 Å². The highest BCUT2D eigenvalue weighted by atomic mass is 35.5. The zero-order valence-corrected chi connectivity index (χ0v) is 15.5. The van der Waals surface area contributed by atoms with Gasteiger partial charge in [0.25, 0.3) is 0 Å². The number of benzene rings is 2. The van der Waals surface area contributed by atoms with E-state index in [1.165, 1.54) is 11.6 Å². The summed E-state index contributed by atoms with van der Waals surface area (Å²) in [5.74, 6) is -0.599. The van der Waals surface area contributed by atoms with Crippen molar-refractivity contribution in [2.45, 2.75) is 19.5 Å². The standard InChI is InChI=1S/C20H23ClFN3O/c1-15(20(26)23-19-8-3-2-7-18(19)22)25-11-9-24(10-12-25)14-16-5-4-6-17(21)13-16/h2-8,13,15H,9-12,14H2,1H3,(H,23,26)/t15-/m1/s1. The van der Waals surface area contributed by atoms with E-state index in [1.54, 1.807) is 18.2 Å². The molecule has 1 amide bonds. The summed E-state index contributed by atoms with van der Waals surface area (Å²) < 4.78 is 13.7. The van der Waals surface area contributed by atoms with Crippen LogP contribution in [0.1, 0.15) is 12.5 Å². The lowest BCUT2D eigenvalue weighted by molar-refractivity contribution is -0.121. The van der Waals surface area contributed by atoms with Crippen molar-refractivity contribution in [1.82, 2.24) is 9.80 Å². The molecule has 4 nitrogen and oxygen atoms in total. The van der Waals surface area contributed by atoms with Crippen LogP contribution in [0, 0.1) is 5.82 Å². The van der Waals surface area contributed by atoms with Crippen LogP contribution in [0.25, 0.3) is 0 Å². The van der Waals surface area contributed by atoms with E-state index in [2.05, 4.69) is 21.2 Å². The fraction of sp³-hybridized carbons (Fsp3) is 0.350. The third-order valence-corrected chi connectivity index (χ3v) is 5.00. The van der Waals surface area contributed by atoms with Crippen LogP contribution < -0.4 is 5.32 Å². The lowest BCUT2D eigenvalue weighted by Crippen LogP contribution is -2.52. The third kappa shape index (κ3) is 4.81. The highest BCUT2D eigenvalue weighted by molar-refractivity contribution is 6.30. The quantitative estimate of drug-likeness (QED) is 0.866. The highest BCUT2D eigenvalue weighted by Crippen LogP contribution is 2.16. The number of amides is 1. The van der Waals surface area contributed by atoms with Crippen LogP contribution in [0.2, 0.25) is 5.02 Å². The van der Waals surface area contributed by atoms with Gasteiger partial charge in [-0.2, -0.15) is 0 Å². The van der Waals surface area contributed by atoms with Gasteiger partial charge in [0.15, 0.2) is 0 Å². The van der Waals surface area contributed by atoms with E-state index in [0.29, 0.717) is 0 Å². The van der Waals surface area contributed by atoms with E-state index in [9.17, 15) is 9.18 Å². The Morgan fingerprint density at radius 1 is 1.15 bits per heavy atom. The maximum atomic E-state index is 13.7. The lowest BCUT2D eigenvalue weighted by Gasteiger charge is -2.37. The average molecular weight is 376 g/mol. The Morgan fingerprint density at radius 2 is 1.88 bits per heavy atom. The molecule has 3 rings (SSSR count). The normalized spacial score (nSPS) is 17.0. The first-order valence-electron chi connectivity index (χ1n) is 8.79. The summed E-state index contributed by atoms with van der Waals surface area (Å²) in [5.41, 5.74) is 1.42. The molecule has 0 unspecified atom stereocenters. The number of carbonyl (C=O) groups is 1. The number of hydrogen-bond donors (Lipinski definition) is 1. The predicted molar refractivity (Wildman–Crippen MR) is 103 cm³/mol. The molecular formula is C20H23ClFN3O. The lowest BCUT2D eigenvalue weighted by atomic mass is 10.1. The van der Waals surface area contributed by atoms with Crippen LogP contribution >= 0.6 is 11.6 Å². The second-order valence-corrected chi connectivity index (χ2v) is 7.02. The number of piperazine rings is 1. The number of rotatable bonds is 5. The molecule has 0 radical (unpaired) electrons. The molecule has 138 valence electrons. The first kappa shape index (κ1) is 18.8. The van der Waals surface area contributed by atoms with E-state index in [0.717, 1.165) is 37.7 Å². The van der Waals surface area contributed by atoms with E-state index in [-0.39, 0.29) is 17.6 Å². The van der Waals surface area contributed by atoms with E-state index in [1.807, 2.05) is 25.1 Å². The number of halogens is 2. The maximum absolute atomic E-state index is 13.7. The molecular weight excluding hydrogens is 353 g/mol. The van der Waals surface area contributed by atoms with Crippen LogP contribution in [0.4, 0.5) is 10.1 Å². The van der Waals surface area contributed by atoms with Crippen molar-refractivity contribution in [3.05, 3.63) is 64.9 Å². The number of nitrogens with one attached hydrogen (secondary N) is 1. The monoisotopic (exact) mass is 375 g/mol. The fourth-order valence-electron chi connectivity index (χ4n) is 3.17. The van der Waals surface area contributed by atoms with E-state index in [4.69, 9.17) is 11.6 Å². The summed E-state index contributed by atoms with van der Waals surface area (Å²) in [6.45, 7) is 6.07. The molecule has 1 aliphatic rings. The minimum atomic E-state index is -0.417. The minimum Gasteiger partial charge on any atom is -0.322 e. The van der Waals surface area contributed by atoms with Gasteiger partial charge in [-0.3, -0.25) is 14.6 Å². The molecule has 1 saturated heterocycles. The van der Waals surface area contributed by atoms with Gasteiger partial charge in [-0.1, -0.05) is 35.9 Å². The Kier molecular flexibility index (Phi) is 6.25. The van der Waals surface area contributed by atoms with Crippen molar-refractivity contribution >= 4 is 23.2 Å². The first-order valence-corrected chi connectivity index (χ1v) is 9.17. The zero-order chi connectivity index (χ0) is 18.5. The fourth-order valence-corrected chi connectivity index (χ4v) is 3.38. The summed E-state index contributed by atoms with van der Waals surface area (Å²) >= 11 is 6.04. The van der Waals surface area contributed by atoms with Crippen LogP contribution in [-0.2, 0) is 11.3 Å². The zero-order valence-electron chi connectivity index (χ0n) is 14.8. The molecule has 26 heavy (non-hydrogen) atoms. The average Bonchev–Trinajstić information content (AvgIpc) is 2.64. The number of nitrogens with zero attached hydrogens (tertiary/aromatic N) is 2. The molecule has 1 aliphatic heterocycles. The topological polar surface area (TPSA) is 35.6 Å². The molecule has 0 aliphatic carbocycles. The van der Waals surface area contributed by atoms with Gasteiger partial charge in [-0.05, 0) is 36.8 Å². The molecule has 2 aromatic carbocycles. The second kappa shape index (κ2) is 8.62. The summed E-state index contributed by atoms with van der Waals surface area (Å²) in [4.78, 5) is 16.9. The summed E-state index contributed by atoms with van der Waals surface area (Å²) in [7, 11) is 0. The van der Waals surface area contributed by atoms with Gasteiger partial charge in [0.05, 0.1) is 11.7 Å². The molecule has 1 N–H and O–H groups in total. The Balaban J connectivity index is 1.51. The van der Waals surface area contributed by atoms with Crippen LogP contribution in [0.5, 0.6) is 0 Å². The first-order chi connectivity index (χ1) is 12.5. The predicted octanol–water partition coefficient (Wildman–Crippen LogP) is 3.62. The Hall–Kier alpha value is -1.95. The smallest absolute Gasteiger partial charge is 0.241 e. The largest absolute Gasteiger partial charge is 0.322 e. The molecule has 1 atom stereocenters. The second-order valence-electron chi connectivity index (χ2n) is 6.59. The van der Waals surface area contributed by atoms with Crippen molar-refractivity contribution in [3.63, 3.8) is 0 Å². The SMILES string of the molecule is C[C@H](C(=O)Nc1ccccc1F)N1CCN(Cc2cccc(Cl)c2)CC1. The minimum absolute atomic E-state index is 0.182. The molecule has 0 spiro atoms. The van der Waals surface area contributed by atoms with Crippen LogP contribution in [-0.4, -0.2) is 47.9 Å². The number of para-hydroxylation sites is 1. The summed E-state index contributed by atoms with van der Waals surface area (Å²) in [5, 5.41) is 3.43. The molecule has 1 heterocycles. The molecule has 0 saturated carbocycles. The summed E-state index contributed by atoms with van der Waals surface area (Å²) in [6, 6.07) is 13.8. The molecule has 2 aromatic rings. The maximum Gasteiger partial charge on any atom is 0.241 e. The van der Waals surface area contributed by atoms with Gasteiger partial charge < -0.3 is 5.32 Å². The summed E-state index contributed by atoms with van der Waals surface area (Å²) in [6.07, 6.45) is 0. The number of carbonyl (C=O) groups excluding carboxylic acids is 1. The number of anilines is 1. The number of hydrogen-bond acceptors (Lipinski definition) is 3. The van der Waals surface area contributed by atoms with Crippen molar-refractivity contribution in [3.8, 4) is 0 Å². The molecule has 6 heteroatoms.